The molecule has 2 heterocycles. The number of hydrogen-bond donors (Lipinski definition) is 2. The number of halogens is 1. The Morgan fingerprint density at radius 3 is 2.62 bits per heavy atom. The topological polar surface area (TPSA) is 89.8 Å². The summed E-state index contributed by atoms with van der Waals surface area (Å²) in [7, 11) is 0. The average molecular weight is 493 g/mol. The predicted molar refractivity (Wildman–Crippen MR) is 122 cm³/mol. The summed E-state index contributed by atoms with van der Waals surface area (Å²) in [4.78, 5) is 25.6. The normalized spacial score (nSPS) is 12.0. The number of nitrogens with one attached hydrogen (secondary N) is 2. The molecule has 8 heteroatoms. The molecule has 7 nitrogen and oxygen atoms in total. The van der Waals surface area contributed by atoms with Crippen LogP contribution in [-0.2, 0) is 6.54 Å². The van der Waals surface area contributed by atoms with Crippen LogP contribution in [0.1, 0.15) is 26.5 Å². The first-order valence-corrected chi connectivity index (χ1v) is 10.6. The van der Waals surface area contributed by atoms with Crippen LogP contribution in [0, 0.1) is 0 Å². The van der Waals surface area contributed by atoms with Crippen LogP contribution in [-0.4, -0.2) is 18.6 Å². The number of benzene rings is 3. The Morgan fingerprint density at radius 1 is 0.906 bits per heavy atom. The fourth-order valence-electron chi connectivity index (χ4n) is 3.44. The molecule has 0 aliphatic carbocycles. The van der Waals surface area contributed by atoms with Crippen molar-refractivity contribution in [2.24, 2.45) is 0 Å². The average Bonchev–Trinajstić information content (AvgIpc) is 3.45. The van der Waals surface area contributed by atoms with E-state index in [2.05, 4.69) is 26.6 Å². The van der Waals surface area contributed by atoms with Crippen LogP contribution in [0.5, 0.6) is 11.5 Å². The van der Waals surface area contributed by atoms with E-state index in [0.717, 1.165) is 15.4 Å². The number of para-hydroxylation sites is 2. The largest absolute Gasteiger partial charge is 0.454 e. The van der Waals surface area contributed by atoms with E-state index in [1.54, 1.807) is 30.3 Å². The second kappa shape index (κ2) is 8.39. The first-order valence-electron chi connectivity index (χ1n) is 9.83. The Hall–Kier alpha value is -3.78. The molecule has 2 amide bonds. The molecule has 1 aliphatic heterocycles. The number of furan rings is 1. The molecular formula is C24H17BrN2O5. The van der Waals surface area contributed by atoms with Gasteiger partial charge in [0.1, 0.15) is 5.58 Å². The molecule has 3 aromatic carbocycles. The van der Waals surface area contributed by atoms with Gasteiger partial charge in [0.2, 0.25) is 6.79 Å². The van der Waals surface area contributed by atoms with Gasteiger partial charge in [0.25, 0.3) is 11.8 Å². The second-order valence-electron chi connectivity index (χ2n) is 7.14. The molecule has 0 atom stereocenters. The van der Waals surface area contributed by atoms with Crippen molar-refractivity contribution in [3.05, 3.63) is 88.1 Å². The molecular weight excluding hydrogens is 476 g/mol. The lowest BCUT2D eigenvalue weighted by Gasteiger charge is -2.11. The van der Waals surface area contributed by atoms with E-state index < -0.39 is 5.91 Å². The Morgan fingerprint density at radius 2 is 1.75 bits per heavy atom. The summed E-state index contributed by atoms with van der Waals surface area (Å²) >= 11 is 3.42. The van der Waals surface area contributed by atoms with Gasteiger partial charge in [-0.3, -0.25) is 9.59 Å². The van der Waals surface area contributed by atoms with E-state index in [-0.39, 0.29) is 18.5 Å². The maximum Gasteiger partial charge on any atom is 0.291 e. The summed E-state index contributed by atoms with van der Waals surface area (Å²) in [6.45, 7) is 0.496. The minimum absolute atomic E-state index is 0.155. The van der Waals surface area contributed by atoms with Crippen LogP contribution < -0.4 is 20.1 Å². The molecule has 0 bridgehead atoms. The first-order chi connectivity index (χ1) is 15.6. The fourth-order valence-corrected chi connectivity index (χ4v) is 3.90. The number of fused-ring (bicyclic) bond motifs is 2. The number of carbonyl (C=O) groups excluding carboxylic acids is 2. The summed E-state index contributed by atoms with van der Waals surface area (Å²) in [6, 6.07) is 19.5. The summed E-state index contributed by atoms with van der Waals surface area (Å²) in [5, 5.41) is 6.45. The molecule has 1 aliphatic rings. The van der Waals surface area contributed by atoms with Gasteiger partial charge in [-0.05, 0) is 57.9 Å². The van der Waals surface area contributed by atoms with Crippen molar-refractivity contribution in [1.29, 1.82) is 0 Å². The molecule has 5 rings (SSSR count). The summed E-state index contributed by atoms with van der Waals surface area (Å²) in [5.74, 6) is 0.741. The smallest absolute Gasteiger partial charge is 0.291 e. The maximum absolute atomic E-state index is 12.8. The molecule has 0 radical (unpaired) electrons. The van der Waals surface area contributed by atoms with Gasteiger partial charge in [-0.1, -0.05) is 30.3 Å². The third kappa shape index (κ3) is 3.92. The highest BCUT2D eigenvalue weighted by Gasteiger charge is 2.18. The van der Waals surface area contributed by atoms with Crippen LogP contribution in [0.3, 0.4) is 0 Å². The van der Waals surface area contributed by atoms with E-state index >= 15 is 0 Å². The van der Waals surface area contributed by atoms with Crippen molar-refractivity contribution >= 4 is 44.4 Å². The molecule has 160 valence electrons. The number of rotatable bonds is 5. The van der Waals surface area contributed by atoms with E-state index in [1.165, 1.54) is 0 Å². The molecule has 0 fully saturated rings. The fraction of sp³-hybridized carbons (Fsp3) is 0.0833. The second-order valence-corrected chi connectivity index (χ2v) is 7.99. The Labute approximate surface area is 191 Å². The zero-order valence-electron chi connectivity index (χ0n) is 16.7. The standard InChI is InChI=1S/C24H17BrN2O5/c25-17-6-3-4-15-11-21(32-22(15)17)24(29)27-18-7-2-1-5-16(18)23(28)26-12-14-8-9-19-20(10-14)31-13-30-19/h1-11H,12-13H2,(H,26,28)(H,27,29). The Kier molecular flexibility index (Phi) is 5.28. The minimum atomic E-state index is -0.441. The number of carbonyl (C=O) groups is 2. The maximum atomic E-state index is 12.8. The molecule has 1 aromatic heterocycles. The summed E-state index contributed by atoms with van der Waals surface area (Å²) in [6.07, 6.45) is 0. The van der Waals surface area contributed by atoms with Crippen molar-refractivity contribution in [2.45, 2.75) is 6.54 Å². The molecule has 2 N–H and O–H groups in total. The molecule has 4 aromatic rings. The lowest BCUT2D eigenvalue weighted by molar-refractivity contribution is 0.0951. The highest BCUT2D eigenvalue weighted by molar-refractivity contribution is 9.10. The molecule has 32 heavy (non-hydrogen) atoms. The van der Waals surface area contributed by atoms with E-state index in [1.807, 2.05) is 36.4 Å². The van der Waals surface area contributed by atoms with E-state index in [0.29, 0.717) is 34.9 Å². The van der Waals surface area contributed by atoms with Gasteiger partial charge in [-0.25, -0.2) is 0 Å². The van der Waals surface area contributed by atoms with Gasteiger partial charge >= 0.3 is 0 Å². The third-order valence-electron chi connectivity index (χ3n) is 5.03. The van der Waals surface area contributed by atoms with Crippen molar-refractivity contribution < 1.29 is 23.5 Å². The summed E-state index contributed by atoms with van der Waals surface area (Å²) < 4.78 is 17.1. The lowest BCUT2D eigenvalue weighted by atomic mass is 10.1. The quantitative estimate of drug-likeness (QED) is 0.404. The number of anilines is 1. The Balaban J connectivity index is 1.31. The van der Waals surface area contributed by atoms with Crippen molar-refractivity contribution in [3.8, 4) is 11.5 Å². The number of amides is 2. The predicted octanol–water partition coefficient (Wildman–Crippen LogP) is 5.11. The van der Waals surface area contributed by atoms with Crippen molar-refractivity contribution in [2.75, 3.05) is 12.1 Å². The third-order valence-corrected chi connectivity index (χ3v) is 5.65. The van der Waals surface area contributed by atoms with Gasteiger partial charge in [0, 0.05) is 11.9 Å². The highest BCUT2D eigenvalue weighted by Crippen LogP contribution is 2.32. The molecule has 0 unspecified atom stereocenters. The lowest BCUT2D eigenvalue weighted by Crippen LogP contribution is -2.24. The number of hydrogen-bond acceptors (Lipinski definition) is 5. The Bertz CT molecular complexity index is 1350. The van der Waals surface area contributed by atoms with Gasteiger partial charge in [-0.15, -0.1) is 0 Å². The van der Waals surface area contributed by atoms with Crippen molar-refractivity contribution in [3.63, 3.8) is 0 Å². The summed E-state index contributed by atoms with van der Waals surface area (Å²) in [5.41, 5.74) is 2.20. The highest BCUT2D eigenvalue weighted by atomic mass is 79.9. The molecule has 0 saturated heterocycles. The van der Waals surface area contributed by atoms with Gasteiger partial charge in [0.05, 0.1) is 15.7 Å². The molecule has 0 saturated carbocycles. The zero-order chi connectivity index (χ0) is 22.1. The zero-order valence-corrected chi connectivity index (χ0v) is 18.3. The SMILES string of the molecule is O=C(Nc1ccccc1C(=O)NCc1ccc2c(c1)OCO2)c1cc2cccc(Br)c2o1. The van der Waals surface area contributed by atoms with Gasteiger partial charge in [0.15, 0.2) is 17.3 Å². The minimum Gasteiger partial charge on any atom is -0.454 e. The van der Waals surface area contributed by atoms with E-state index in [4.69, 9.17) is 13.9 Å². The van der Waals surface area contributed by atoms with Crippen LogP contribution in [0.2, 0.25) is 0 Å². The van der Waals surface area contributed by atoms with Crippen LogP contribution in [0.15, 0.2) is 75.6 Å². The van der Waals surface area contributed by atoms with Crippen molar-refractivity contribution in [1.82, 2.24) is 5.32 Å². The monoisotopic (exact) mass is 492 g/mol. The first kappa shape index (κ1) is 20.1. The van der Waals surface area contributed by atoms with Gasteiger partial charge in [-0.2, -0.15) is 0 Å². The molecule has 0 spiro atoms. The van der Waals surface area contributed by atoms with Crippen LogP contribution in [0.4, 0.5) is 5.69 Å². The van der Waals surface area contributed by atoms with E-state index in [9.17, 15) is 9.59 Å². The number of ether oxygens (including phenoxy) is 2. The van der Waals surface area contributed by atoms with Crippen LogP contribution >= 0.6 is 15.9 Å². The van der Waals surface area contributed by atoms with Gasteiger partial charge < -0.3 is 24.5 Å². The van der Waals surface area contributed by atoms with Crippen LogP contribution in [0.25, 0.3) is 11.0 Å².